The van der Waals surface area contributed by atoms with Crippen molar-refractivity contribution < 1.29 is 4.74 Å². The second-order valence-electron chi connectivity index (χ2n) is 8.32. The quantitative estimate of drug-likeness (QED) is 0.320. The number of thioether (sulfide) groups is 1. The highest BCUT2D eigenvalue weighted by Gasteiger charge is 2.30. The van der Waals surface area contributed by atoms with E-state index in [0.29, 0.717) is 18.3 Å². The van der Waals surface area contributed by atoms with Crippen LogP contribution < -0.4 is 5.56 Å². The zero-order valence-corrected chi connectivity index (χ0v) is 19.4. The molecule has 8 heteroatoms. The van der Waals surface area contributed by atoms with E-state index in [4.69, 9.17) is 4.74 Å². The minimum absolute atomic E-state index is 0.0422. The molecular weight excluding hydrogens is 428 g/mol. The fourth-order valence-corrected chi connectivity index (χ4v) is 6.03. The monoisotopic (exact) mass is 452 g/mol. The first-order valence-corrected chi connectivity index (χ1v) is 12.1. The summed E-state index contributed by atoms with van der Waals surface area (Å²) in [6.45, 7) is 10.9. The van der Waals surface area contributed by atoms with Gasteiger partial charge in [-0.05, 0) is 30.5 Å². The average Bonchev–Trinajstić information content (AvgIpc) is 3.34. The molecule has 0 radical (unpaired) electrons. The normalized spacial score (nSPS) is 16.3. The Labute approximate surface area is 188 Å². The molecule has 0 saturated carbocycles. The van der Waals surface area contributed by atoms with Gasteiger partial charge >= 0.3 is 0 Å². The van der Waals surface area contributed by atoms with E-state index < -0.39 is 0 Å². The largest absolute Gasteiger partial charge is 0.372 e. The Kier molecular flexibility index (Phi) is 5.24. The summed E-state index contributed by atoms with van der Waals surface area (Å²) in [5.41, 5.74) is 2.93. The molecule has 1 aromatic carbocycles. The predicted molar refractivity (Wildman–Crippen MR) is 127 cm³/mol. The van der Waals surface area contributed by atoms with Gasteiger partial charge in [-0.2, -0.15) is 0 Å². The van der Waals surface area contributed by atoms with Gasteiger partial charge in [0.05, 0.1) is 23.8 Å². The fraction of sp³-hybridized carbons (Fsp3) is 0.348. The molecule has 0 fully saturated rings. The van der Waals surface area contributed by atoms with Crippen molar-refractivity contribution in [2.75, 3.05) is 5.75 Å². The second kappa shape index (κ2) is 7.93. The molecule has 160 valence electrons. The van der Waals surface area contributed by atoms with Gasteiger partial charge in [-0.25, -0.2) is 8.97 Å². The van der Waals surface area contributed by atoms with E-state index in [-0.39, 0.29) is 11.7 Å². The molecule has 1 aliphatic rings. The van der Waals surface area contributed by atoms with Crippen LogP contribution in [-0.4, -0.2) is 31.0 Å². The minimum Gasteiger partial charge on any atom is -0.372 e. The Morgan fingerprint density at radius 2 is 2.10 bits per heavy atom. The number of hydrogen-bond acceptors (Lipinski definition) is 6. The minimum atomic E-state index is -0.0422. The average molecular weight is 453 g/mol. The lowest BCUT2D eigenvalue weighted by molar-refractivity contribution is 0.00200. The third-order valence-electron chi connectivity index (χ3n) is 5.55. The predicted octanol–water partition coefficient (Wildman–Crippen LogP) is 4.86. The maximum Gasteiger partial charge on any atom is 0.268 e. The van der Waals surface area contributed by atoms with Crippen LogP contribution in [0.5, 0.6) is 0 Å². The molecule has 6 nitrogen and oxygen atoms in total. The van der Waals surface area contributed by atoms with Crippen molar-refractivity contribution in [2.45, 2.75) is 45.1 Å². The summed E-state index contributed by atoms with van der Waals surface area (Å²) in [6.07, 6.45) is 0.863. The van der Waals surface area contributed by atoms with Crippen molar-refractivity contribution in [3.8, 4) is 5.69 Å². The van der Waals surface area contributed by atoms with Crippen LogP contribution in [0.3, 0.4) is 0 Å². The van der Waals surface area contributed by atoms with Crippen molar-refractivity contribution in [3.05, 3.63) is 63.3 Å². The van der Waals surface area contributed by atoms with Crippen LogP contribution in [0.15, 0.2) is 52.4 Å². The van der Waals surface area contributed by atoms with E-state index in [9.17, 15) is 4.79 Å². The number of aromatic nitrogens is 4. The van der Waals surface area contributed by atoms with E-state index in [1.165, 1.54) is 0 Å². The maximum atomic E-state index is 13.9. The Bertz CT molecular complexity index is 1350. The van der Waals surface area contributed by atoms with Gasteiger partial charge in [0.2, 0.25) is 5.78 Å². The Morgan fingerprint density at radius 3 is 2.81 bits per heavy atom. The summed E-state index contributed by atoms with van der Waals surface area (Å²) in [7, 11) is 0. The van der Waals surface area contributed by atoms with E-state index >= 15 is 0 Å². The van der Waals surface area contributed by atoms with E-state index in [2.05, 4.69) is 30.6 Å². The summed E-state index contributed by atoms with van der Waals surface area (Å²) < 4.78 is 9.82. The van der Waals surface area contributed by atoms with Crippen LogP contribution in [0.4, 0.5) is 0 Å². The van der Waals surface area contributed by atoms with Gasteiger partial charge in [-0.1, -0.05) is 56.0 Å². The molecule has 0 unspecified atom stereocenters. The van der Waals surface area contributed by atoms with Crippen LogP contribution in [0.1, 0.15) is 31.2 Å². The number of rotatable bonds is 5. The number of hydrogen-bond donors (Lipinski definition) is 0. The van der Waals surface area contributed by atoms with E-state index in [1.807, 2.05) is 41.7 Å². The lowest BCUT2D eigenvalue weighted by Gasteiger charge is -2.26. The van der Waals surface area contributed by atoms with Gasteiger partial charge in [0, 0.05) is 17.1 Å². The molecule has 0 bridgehead atoms. The first kappa shape index (κ1) is 20.5. The van der Waals surface area contributed by atoms with Crippen LogP contribution in [-0.2, 0) is 17.8 Å². The van der Waals surface area contributed by atoms with Gasteiger partial charge < -0.3 is 4.74 Å². The van der Waals surface area contributed by atoms with Gasteiger partial charge in [-0.3, -0.25) is 4.79 Å². The van der Waals surface area contributed by atoms with Crippen molar-refractivity contribution in [1.29, 1.82) is 0 Å². The highest BCUT2D eigenvalue weighted by Crippen LogP contribution is 2.37. The molecule has 1 aliphatic heterocycles. The fourth-order valence-electron chi connectivity index (χ4n) is 3.96. The lowest BCUT2D eigenvalue weighted by atomic mass is 9.96. The van der Waals surface area contributed by atoms with Crippen LogP contribution in [0.25, 0.3) is 21.7 Å². The summed E-state index contributed by atoms with van der Waals surface area (Å²) in [6, 6.07) is 9.67. The molecule has 4 aromatic rings. The first-order chi connectivity index (χ1) is 15.0. The molecule has 0 aliphatic carbocycles. The Balaban J connectivity index is 1.84. The van der Waals surface area contributed by atoms with E-state index in [0.717, 1.165) is 49.2 Å². The van der Waals surface area contributed by atoms with Crippen molar-refractivity contribution in [3.63, 3.8) is 0 Å². The number of nitrogens with zero attached hydrogens (tertiary/aromatic N) is 4. The molecule has 0 spiro atoms. The van der Waals surface area contributed by atoms with Crippen LogP contribution in [0, 0.1) is 5.92 Å². The molecule has 4 heterocycles. The van der Waals surface area contributed by atoms with Crippen LogP contribution in [0.2, 0.25) is 0 Å². The highest BCUT2D eigenvalue weighted by molar-refractivity contribution is 7.99. The first-order valence-electron chi connectivity index (χ1n) is 10.3. The topological polar surface area (TPSA) is 61.4 Å². The molecule has 0 saturated heterocycles. The van der Waals surface area contributed by atoms with Crippen molar-refractivity contribution in [1.82, 2.24) is 19.2 Å². The van der Waals surface area contributed by atoms with Gasteiger partial charge in [0.15, 0.2) is 5.16 Å². The van der Waals surface area contributed by atoms with Gasteiger partial charge in [0.25, 0.3) is 5.56 Å². The SMILES string of the molecule is C=C(C)CSc1nnc2n(-c3ccccc3)c(=O)c3c4c(sc3n12)CO[C@@H](C(C)C)C4. The number of benzene rings is 1. The smallest absolute Gasteiger partial charge is 0.268 e. The number of ether oxygens (including phenoxy) is 1. The van der Waals surface area contributed by atoms with E-state index in [1.54, 1.807) is 27.7 Å². The molecule has 1 atom stereocenters. The van der Waals surface area contributed by atoms with Crippen molar-refractivity contribution >= 4 is 39.1 Å². The molecule has 31 heavy (non-hydrogen) atoms. The molecule has 5 rings (SSSR count). The van der Waals surface area contributed by atoms with Gasteiger partial charge in [-0.15, -0.1) is 21.5 Å². The zero-order chi connectivity index (χ0) is 21.7. The van der Waals surface area contributed by atoms with Crippen molar-refractivity contribution in [2.24, 2.45) is 5.92 Å². The summed E-state index contributed by atoms with van der Waals surface area (Å²) in [4.78, 5) is 15.9. The maximum absolute atomic E-state index is 13.9. The third-order valence-corrected chi connectivity index (χ3v) is 7.90. The number of thiophene rings is 1. The Hall–Kier alpha value is -2.42. The lowest BCUT2D eigenvalue weighted by Crippen LogP contribution is -2.28. The second-order valence-corrected chi connectivity index (χ2v) is 10.3. The zero-order valence-electron chi connectivity index (χ0n) is 17.8. The molecule has 3 aromatic heterocycles. The molecule has 0 amide bonds. The number of fused-ring (bicyclic) bond motifs is 5. The summed E-state index contributed by atoms with van der Waals surface area (Å²) >= 11 is 3.21. The summed E-state index contributed by atoms with van der Waals surface area (Å²) in [5, 5.41) is 10.4. The van der Waals surface area contributed by atoms with Crippen LogP contribution >= 0.6 is 23.1 Å². The highest BCUT2D eigenvalue weighted by atomic mass is 32.2. The molecular formula is C23H24N4O2S2. The molecule has 0 N–H and O–H groups in total. The third kappa shape index (κ3) is 3.43. The summed E-state index contributed by atoms with van der Waals surface area (Å²) in [5.74, 6) is 1.67. The number of para-hydroxylation sites is 1. The Morgan fingerprint density at radius 1 is 1.32 bits per heavy atom. The van der Waals surface area contributed by atoms with Gasteiger partial charge in [0.1, 0.15) is 4.83 Å². The standard InChI is InChI=1S/C23H24N4O2S2/c1-13(2)12-30-23-25-24-22-26(15-8-6-5-7-9-15)20(28)19-16-10-17(14(3)4)29-11-18(16)31-21(19)27(22)23/h5-9,14,17H,1,10-12H2,2-4H3/t17-/m1/s1.